The molecule has 1 heterocycles. The highest BCUT2D eigenvalue weighted by Crippen LogP contribution is 2.29. The predicted octanol–water partition coefficient (Wildman–Crippen LogP) is 7.34. The highest BCUT2D eigenvalue weighted by atomic mass is 35.5. The molecule has 5 aromatic rings. The van der Waals surface area contributed by atoms with Crippen molar-refractivity contribution in [3.63, 3.8) is 0 Å². The van der Waals surface area contributed by atoms with E-state index in [0.717, 1.165) is 5.56 Å². The maximum absolute atomic E-state index is 13.6. The van der Waals surface area contributed by atoms with E-state index in [2.05, 4.69) is 0 Å². The van der Waals surface area contributed by atoms with E-state index in [1.54, 1.807) is 54.6 Å². The number of ether oxygens (including phenoxy) is 1. The van der Waals surface area contributed by atoms with Gasteiger partial charge in [-0.3, -0.25) is 4.79 Å². The second kappa shape index (κ2) is 9.92. The number of rotatable bonds is 6. The molecule has 1 aromatic heterocycles. The molecule has 170 valence electrons. The largest absolute Gasteiger partial charge is 0.445 e. The summed E-state index contributed by atoms with van der Waals surface area (Å²) in [7, 11) is 0. The standard InChI is InChI=1S/C30H20ClNO3/c31-23-17-15-22(16-18-23)29(28(33)21-11-5-2-6-12-21)35-30(34)25-19-27(20-9-3-1-4-10-20)32-26-14-8-7-13-24(25)26/h1-19,29H/t29-/m1/s1. The van der Waals surface area contributed by atoms with E-state index < -0.39 is 12.1 Å². The Hall–Kier alpha value is -4.28. The van der Waals surface area contributed by atoms with Crippen LogP contribution in [-0.4, -0.2) is 16.7 Å². The molecule has 0 fully saturated rings. The average molecular weight is 478 g/mol. The Bertz CT molecular complexity index is 1500. The normalized spacial score (nSPS) is 11.7. The van der Waals surface area contributed by atoms with Crippen LogP contribution < -0.4 is 0 Å². The topological polar surface area (TPSA) is 56.3 Å². The Morgan fingerprint density at radius 3 is 2.09 bits per heavy atom. The number of hydrogen-bond acceptors (Lipinski definition) is 4. The number of Topliss-reactive ketones (excluding diaryl/α,β-unsaturated/α-hetero) is 1. The van der Waals surface area contributed by atoms with Gasteiger partial charge in [0.2, 0.25) is 5.78 Å². The minimum Gasteiger partial charge on any atom is -0.445 e. The number of aromatic nitrogens is 1. The van der Waals surface area contributed by atoms with Gasteiger partial charge in [0.1, 0.15) is 0 Å². The molecule has 0 bridgehead atoms. The monoisotopic (exact) mass is 477 g/mol. The molecule has 0 radical (unpaired) electrons. The molecule has 0 spiro atoms. The molecule has 5 heteroatoms. The Labute approximate surface area is 207 Å². The Balaban J connectivity index is 1.58. The lowest BCUT2D eigenvalue weighted by Gasteiger charge is -2.18. The van der Waals surface area contributed by atoms with E-state index in [0.29, 0.717) is 38.3 Å². The van der Waals surface area contributed by atoms with Crippen LogP contribution in [0.5, 0.6) is 0 Å². The van der Waals surface area contributed by atoms with Gasteiger partial charge in [-0.2, -0.15) is 0 Å². The predicted molar refractivity (Wildman–Crippen MR) is 138 cm³/mol. The molecular weight excluding hydrogens is 458 g/mol. The first kappa shape index (κ1) is 22.5. The summed E-state index contributed by atoms with van der Waals surface area (Å²) in [5.41, 5.74) is 3.52. The average Bonchev–Trinajstić information content (AvgIpc) is 2.92. The highest BCUT2D eigenvalue weighted by molar-refractivity contribution is 6.30. The number of fused-ring (bicyclic) bond motifs is 1. The maximum atomic E-state index is 13.6. The molecule has 4 aromatic carbocycles. The van der Waals surface area contributed by atoms with Gasteiger partial charge in [0, 0.05) is 27.1 Å². The minimum atomic E-state index is -1.13. The lowest BCUT2D eigenvalue weighted by Crippen LogP contribution is -2.20. The first-order valence-corrected chi connectivity index (χ1v) is 11.5. The van der Waals surface area contributed by atoms with Crippen molar-refractivity contribution in [2.24, 2.45) is 0 Å². The van der Waals surface area contributed by atoms with Crippen molar-refractivity contribution in [1.82, 2.24) is 4.98 Å². The first-order valence-electron chi connectivity index (χ1n) is 11.1. The van der Waals surface area contributed by atoms with E-state index in [1.807, 2.05) is 60.7 Å². The van der Waals surface area contributed by atoms with Crippen molar-refractivity contribution in [3.8, 4) is 11.3 Å². The van der Waals surface area contributed by atoms with Crippen LogP contribution in [-0.2, 0) is 4.74 Å². The van der Waals surface area contributed by atoms with Gasteiger partial charge in [0.05, 0.1) is 16.8 Å². The van der Waals surface area contributed by atoms with Crippen LogP contribution in [0.1, 0.15) is 32.4 Å². The summed E-state index contributed by atoms with van der Waals surface area (Å²) in [6.07, 6.45) is -1.13. The number of carbonyl (C=O) groups excluding carboxylic acids is 2. The minimum absolute atomic E-state index is 0.317. The molecule has 0 amide bonds. The number of hydrogen-bond donors (Lipinski definition) is 0. The molecule has 0 aliphatic carbocycles. The molecule has 0 unspecified atom stereocenters. The van der Waals surface area contributed by atoms with Crippen molar-refractivity contribution in [2.45, 2.75) is 6.10 Å². The molecule has 0 aliphatic heterocycles. The maximum Gasteiger partial charge on any atom is 0.339 e. The van der Waals surface area contributed by atoms with Gasteiger partial charge in [0.25, 0.3) is 0 Å². The van der Waals surface area contributed by atoms with Crippen molar-refractivity contribution < 1.29 is 14.3 Å². The van der Waals surface area contributed by atoms with E-state index in [-0.39, 0.29) is 5.78 Å². The van der Waals surface area contributed by atoms with Gasteiger partial charge >= 0.3 is 5.97 Å². The molecule has 0 aliphatic rings. The number of halogens is 1. The van der Waals surface area contributed by atoms with Gasteiger partial charge < -0.3 is 4.74 Å². The number of ketones is 1. The number of carbonyl (C=O) groups is 2. The van der Waals surface area contributed by atoms with Crippen LogP contribution in [0, 0.1) is 0 Å². The quantitative estimate of drug-likeness (QED) is 0.190. The Morgan fingerprint density at radius 2 is 1.37 bits per heavy atom. The molecule has 0 saturated heterocycles. The third-order valence-corrected chi connectivity index (χ3v) is 5.95. The molecule has 0 saturated carbocycles. The summed E-state index contributed by atoms with van der Waals surface area (Å²) in [6.45, 7) is 0. The summed E-state index contributed by atoms with van der Waals surface area (Å²) < 4.78 is 5.92. The summed E-state index contributed by atoms with van der Waals surface area (Å²) in [5, 5.41) is 1.18. The summed E-state index contributed by atoms with van der Waals surface area (Å²) in [6, 6.07) is 34.2. The van der Waals surface area contributed by atoms with Crippen LogP contribution in [0.3, 0.4) is 0 Å². The van der Waals surface area contributed by atoms with Crippen molar-refractivity contribution >= 4 is 34.3 Å². The zero-order valence-electron chi connectivity index (χ0n) is 18.6. The van der Waals surface area contributed by atoms with Crippen LogP contribution in [0.15, 0.2) is 115 Å². The first-order chi connectivity index (χ1) is 17.1. The molecule has 35 heavy (non-hydrogen) atoms. The lowest BCUT2D eigenvalue weighted by atomic mass is 9.99. The van der Waals surface area contributed by atoms with Gasteiger partial charge in [-0.1, -0.05) is 103 Å². The fourth-order valence-corrected chi connectivity index (χ4v) is 4.06. The number of esters is 1. The van der Waals surface area contributed by atoms with E-state index in [1.165, 1.54) is 0 Å². The number of pyridine rings is 1. The summed E-state index contributed by atoms with van der Waals surface area (Å²) >= 11 is 6.06. The molecular formula is C30H20ClNO3. The third-order valence-electron chi connectivity index (χ3n) is 5.70. The van der Waals surface area contributed by atoms with Crippen molar-refractivity contribution in [1.29, 1.82) is 0 Å². The second-order valence-corrected chi connectivity index (χ2v) is 8.44. The number of benzene rings is 4. The summed E-state index contributed by atoms with van der Waals surface area (Å²) in [5.74, 6) is -0.923. The van der Waals surface area contributed by atoms with Crippen LogP contribution in [0.2, 0.25) is 5.02 Å². The highest BCUT2D eigenvalue weighted by Gasteiger charge is 2.28. The van der Waals surface area contributed by atoms with Crippen LogP contribution in [0.4, 0.5) is 0 Å². The van der Waals surface area contributed by atoms with Crippen LogP contribution >= 0.6 is 11.6 Å². The Kier molecular flexibility index (Phi) is 6.38. The number of nitrogens with zero attached hydrogens (tertiary/aromatic N) is 1. The third kappa shape index (κ3) is 4.84. The van der Waals surface area contributed by atoms with Gasteiger partial charge in [-0.25, -0.2) is 9.78 Å². The van der Waals surface area contributed by atoms with E-state index in [9.17, 15) is 9.59 Å². The van der Waals surface area contributed by atoms with Gasteiger partial charge in [-0.05, 0) is 24.3 Å². The molecule has 1 atom stereocenters. The molecule has 5 rings (SSSR count). The van der Waals surface area contributed by atoms with Crippen molar-refractivity contribution in [3.05, 3.63) is 137 Å². The molecule has 0 N–H and O–H groups in total. The summed E-state index contributed by atoms with van der Waals surface area (Å²) in [4.78, 5) is 31.8. The zero-order chi connectivity index (χ0) is 24.2. The SMILES string of the molecule is O=C(O[C@@H](C(=O)c1ccccc1)c1ccc(Cl)cc1)c1cc(-c2ccccc2)nc2ccccc12. The Morgan fingerprint density at radius 1 is 0.743 bits per heavy atom. The smallest absolute Gasteiger partial charge is 0.339 e. The lowest BCUT2D eigenvalue weighted by molar-refractivity contribution is 0.0282. The van der Waals surface area contributed by atoms with Crippen molar-refractivity contribution in [2.75, 3.05) is 0 Å². The van der Waals surface area contributed by atoms with Crippen LogP contribution in [0.25, 0.3) is 22.2 Å². The van der Waals surface area contributed by atoms with E-state index >= 15 is 0 Å². The second-order valence-electron chi connectivity index (χ2n) is 8.01. The van der Waals surface area contributed by atoms with Gasteiger partial charge in [0.15, 0.2) is 6.10 Å². The zero-order valence-corrected chi connectivity index (χ0v) is 19.4. The fourth-order valence-electron chi connectivity index (χ4n) is 3.94. The number of para-hydroxylation sites is 1. The fraction of sp³-hybridized carbons (Fsp3) is 0.0333. The van der Waals surface area contributed by atoms with Gasteiger partial charge in [-0.15, -0.1) is 0 Å². The van der Waals surface area contributed by atoms with E-state index in [4.69, 9.17) is 21.3 Å². The molecule has 4 nitrogen and oxygen atoms in total.